The van der Waals surface area contributed by atoms with Crippen molar-refractivity contribution in [3.05, 3.63) is 66.9 Å². The molecule has 0 aliphatic carbocycles. The van der Waals surface area contributed by atoms with Crippen molar-refractivity contribution in [2.75, 3.05) is 23.4 Å². The van der Waals surface area contributed by atoms with Crippen molar-refractivity contribution < 1.29 is 9.47 Å². The number of aromatic nitrogens is 5. The molecule has 180 valence electrons. The normalized spacial score (nSPS) is 16.9. The Morgan fingerprint density at radius 3 is 2.94 bits per heavy atom. The molecule has 0 unspecified atom stereocenters. The summed E-state index contributed by atoms with van der Waals surface area (Å²) in [6.07, 6.45) is 8.60. The number of hydrogen-bond donors (Lipinski definition) is 1. The van der Waals surface area contributed by atoms with Crippen LogP contribution in [0.4, 0.5) is 17.2 Å². The van der Waals surface area contributed by atoms with Gasteiger partial charge in [0.1, 0.15) is 36.6 Å². The number of anilines is 3. The zero-order valence-corrected chi connectivity index (χ0v) is 19.9. The maximum atomic E-state index is 6.33. The van der Waals surface area contributed by atoms with E-state index in [1.807, 2.05) is 37.4 Å². The van der Waals surface area contributed by atoms with Crippen LogP contribution in [0.2, 0.25) is 0 Å². The van der Waals surface area contributed by atoms with Crippen molar-refractivity contribution in [2.24, 2.45) is 0 Å². The highest BCUT2D eigenvalue weighted by molar-refractivity contribution is 6.00. The van der Waals surface area contributed by atoms with E-state index in [9.17, 15) is 0 Å². The monoisotopic (exact) mass is 479 g/mol. The number of nitrogens with zero attached hydrogens (tertiary/aromatic N) is 6. The molecule has 2 aromatic carbocycles. The predicted octanol–water partition coefficient (Wildman–Crippen LogP) is 5.27. The molecular weight excluding hydrogens is 454 g/mol. The van der Waals surface area contributed by atoms with Gasteiger partial charge >= 0.3 is 0 Å². The molecule has 1 saturated heterocycles. The van der Waals surface area contributed by atoms with E-state index in [-0.39, 0.29) is 0 Å². The number of fused-ring (bicyclic) bond motifs is 6. The van der Waals surface area contributed by atoms with E-state index in [0.717, 1.165) is 57.3 Å². The van der Waals surface area contributed by atoms with E-state index >= 15 is 0 Å². The van der Waals surface area contributed by atoms with Gasteiger partial charge in [0.2, 0.25) is 0 Å². The van der Waals surface area contributed by atoms with E-state index < -0.39 is 0 Å². The maximum absolute atomic E-state index is 6.33. The summed E-state index contributed by atoms with van der Waals surface area (Å²) in [5, 5.41) is 8.53. The second kappa shape index (κ2) is 8.37. The fraction of sp³-hybridized carbons (Fsp3) is 0.259. The van der Waals surface area contributed by atoms with Gasteiger partial charge in [0.05, 0.1) is 22.6 Å². The van der Waals surface area contributed by atoms with Crippen molar-refractivity contribution in [2.45, 2.75) is 32.2 Å². The molecule has 0 bridgehead atoms. The first kappa shape index (κ1) is 20.9. The van der Waals surface area contributed by atoms with Gasteiger partial charge in [-0.1, -0.05) is 0 Å². The smallest absolute Gasteiger partial charge is 0.158 e. The summed E-state index contributed by atoms with van der Waals surface area (Å²) in [5.74, 6) is 3.08. The first-order valence-electron chi connectivity index (χ1n) is 12.2. The summed E-state index contributed by atoms with van der Waals surface area (Å²) in [4.78, 5) is 15.8. The Morgan fingerprint density at radius 2 is 2.00 bits per heavy atom. The SMILES string of the molecule is Cc1cc(Nc2ncnc3ccc4c(c23)OC[C@H]2CCCCN42)ccc1Oc1ccn2ncnc2c1. The maximum Gasteiger partial charge on any atom is 0.158 e. The number of ether oxygens (including phenoxy) is 2. The van der Waals surface area contributed by atoms with Gasteiger partial charge in [-0.05, 0) is 68.1 Å². The molecule has 1 atom stereocenters. The largest absolute Gasteiger partial charge is 0.488 e. The number of benzene rings is 2. The Morgan fingerprint density at radius 1 is 1.03 bits per heavy atom. The lowest BCUT2D eigenvalue weighted by Gasteiger charge is -2.42. The van der Waals surface area contributed by atoms with Gasteiger partial charge in [0.25, 0.3) is 0 Å². The first-order valence-corrected chi connectivity index (χ1v) is 12.2. The Kier molecular flexibility index (Phi) is 4.87. The third kappa shape index (κ3) is 3.55. The first-order chi connectivity index (χ1) is 17.7. The number of nitrogens with one attached hydrogen (secondary N) is 1. The lowest BCUT2D eigenvalue weighted by atomic mass is 9.99. The minimum atomic E-state index is 0.449. The zero-order chi connectivity index (χ0) is 24.1. The molecule has 0 saturated carbocycles. The van der Waals surface area contributed by atoms with Gasteiger partial charge in [-0.15, -0.1) is 0 Å². The van der Waals surface area contributed by atoms with Crippen molar-refractivity contribution in [1.29, 1.82) is 0 Å². The Labute approximate surface area is 207 Å². The van der Waals surface area contributed by atoms with Crippen LogP contribution in [0.25, 0.3) is 16.6 Å². The third-order valence-corrected chi connectivity index (χ3v) is 7.01. The predicted molar refractivity (Wildman–Crippen MR) is 138 cm³/mol. The molecule has 36 heavy (non-hydrogen) atoms. The van der Waals surface area contributed by atoms with E-state index in [2.05, 4.69) is 48.5 Å². The van der Waals surface area contributed by atoms with Crippen LogP contribution in [-0.4, -0.2) is 43.8 Å². The minimum absolute atomic E-state index is 0.449. The number of hydrogen-bond acceptors (Lipinski definition) is 8. The van der Waals surface area contributed by atoms with Crippen LogP contribution in [0, 0.1) is 6.92 Å². The Bertz CT molecular complexity index is 1600. The quantitative estimate of drug-likeness (QED) is 0.373. The molecule has 5 aromatic rings. The molecule has 7 rings (SSSR count). The highest BCUT2D eigenvalue weighted by Crippen LogP contribution is 2.44. The Hall–Kier alpha value is -4.40. The fourth-order valence-corrected chi connectivity index (χ4v) is 5.21. The van der Waals surface area contributed by atoms with E-state index in [0.29, 0.717) is 18.4 Å². The third-order valence-electron chi connectivity index (χ3n) is 7.01. The molecule has 1 fully saturated rings. The van der Waals surface area contributed by atoms with Gasteiger partial charge in [-0.25, -0.2) is 19.5 Å². The van der Waals surface area contributed by atoms with Crippen LogP contribution in [0.1, 0.15) is 24.8 Å². The van der Waals surface area contributed by atoms with Crippen LogP contribution in [-0.2, 0) is 0 Å². The van der Waals surface area contributed by atoms with Crippen molar-refractivity contribution in [3.8, 4) is 17.2 Å². The second-order valence-electron chi connectivity index (χ2n) is 9.32. The number of aryl methyl sites for hydroxylation is 1. The molecule has 0 spiro atoms. The fourth-order valence-electron chi connectivity index (χ4n) is 5.21. The minimum Gasteiger partial charge on any atom is -0.488 e. The van der Waals surface area contributed by atoms with Crippen molar-refractivity contribution in [3.63, 3.8) is 0 Å². The number of rotatable bonds is 4. The van der Waals surface area contributed by atoms with Crippen LogP contribution >= 0.6 is 0 Å². The van der Waals surface area contributed by atoms with E-state index in [1.165, 1.54) is 25.6 Å². The van der Waals surface area contributed by atoms with Gasteiger partial charge in [0, 0.05) is 24.5 Å². The van der Waals surface area contributed by atoms with Gasteiger partial charge in [-0.2, -0.15) is 5.10 Å². The molecule has 2 aliphatic rings. The summed E-state index contributed by atoms with van der Waals surface area (Å²) in [6.45, 7) is 3.79. The van der Waals surface area contributed by atoms with Gasteiger partial charge in [0.15, 0.2) is 11.4 Å². The zero-order valence-electron chi connectivity index (χ0n) is 19.9. The van der Waals surface area contributed by atoms with Crippen LogP contribution in [0.5, 0.6) is 17.2 Å². The summed E-state index contributed by atoms with van der Waals surface area (Å²) >= 11 is 0. The molecule has 3 aromatic heterocycles. The summed E-state index contributed by atoms with van der Waals surface area (Å²) in [5.41, 5.74) is 4.65. The molecule has 2 aliphatic heterocycles. The van der Waals surface area contributed by atoms with Crippen molar-refractivity contribution in [1.82, 2.24) is 24.6 Å². The van der Waals surface area contributed by atoms with Crippen LogP contribution in [0.3, 0.4) is 0 Å². The lowest BCUT2D eigenvalue weighted by molar-refractivity contribution is 0.243. The van der Waals surface area contributed by atoms with Gasteiger partial charge < -0.3 is 19.7 Å². The average Bonchev–Trinajstić information content (AvgIpc) is 3.38. The van der Waals surface area contributed by atoms with Gasteiger partial charge in [-0.3, -0.25) is 0 Å². The van der Waals surface area contributed by atoms with Crippen LogP contribution in [0.15, 0.2) is 61.3 Å². The average molecular weight is 480 g/mol. The lowest BCUT2D eigenvalue weighted by Crippen LogP contribution is -2.46. The molecule has 1 N–H and O–H groups in total. The molecule has 0 amide bonds. The highest BCUT2D eigenvalue weighted by Gasteiger charge is 2.31. The number of pyridine rings is 1. The van der Waals surface area contributed by atoms with E-state index in [4.69, 9.17) is 9.47 Å². The standard InChI is InChI=1S/C27H25N7O2/c1-17-12-18(5-8-23(17)36-20-9-11-34-24(13-20)29-16-31-34)32-27-25-21(28-15-30-27)6-7-22-26(25)35-14-19-4-2-3-10-33(19)22/h5-9,11-13,15-16,19H,2-4,10,14H2,1H3,(H,28,30,32)/t19-/m1/s1. The summed E-state index contributed by atoms with van der Waals surface area (Å²) in [6, 6.07) is 14.4. The second-order valence-corrected chi connectivity index (χ2v) is 9.32. The molecule has 9 nitrogen and oxygen atoms in total. The Balaban J connectivity index is 1.20. The van der Waals surface area contributed by atoms with E-state index in [1.54, 1.807) is 10.8 Å². The summed E-state index contributed by atoms with van der Waals surface area (Å²) < 4.78 is 14.2. The summed E-state index contributed by atoms with van der Waals surface area (Å²) in [7, 11) is 0. The topological polar surface area (TPSA) is 89.7 Å². The number of piperidine rings is 1. The molecule has 5 heterocycles. The van der Waals surface area contributed by atoms with Crippen LogP contribution < -0.4 is 19.7 Å². The molecule has 9 heteroatoms. The van der Waals surface area contributed by atoms with Crippen molar-refractivity contribution >= 4 is 33.7 Å². The molecular formula is C27H25N7O2. The highest BCUT2D eigenvalue weighted by atomic mass is 16.5. The molecule has 0 radical (unpaired) electrons.